The predicted molar refractivity (Wildman–Crippen MR) is 192 cm³/mol. The fraction of sp³-hybridized carbons (Fsp3) is 0.500. The highest BCUT2D eigenvalue weighted by Crippen LogP contribution is 2.22. The molecule has 5 rings (SSSR count). The Morgan fingerprint density at radius 3 is 2.38 bits per heavy atom. The summed E-state index contributed by atoms with van der Waals surface area (Å²) >= 11 is 1.57. The number of rotatable bonds is 16. The number of benzene rings is 2. The molecule has 258 valence electrons. The molecule has 1 unspecified atom stereocenters. The lowest BCUT2D eigenvalue weighted by molar-refractivity contribution is -0.149. The van der Waals surface area contributed by atoms with Gasteiger partial charge in [0, 0.05) is 50.4 Å². The lowest BCUT2D eigenvalue weighted by Crippen LogP contribution is -2.56. The van der Waals surface area contributed by atoms with E-state index in [4.69, 9.17) is 4.74 Å². The SMILES string of the molecule is CN1CCCC1CCNC(=O)[C@@H](Cc1cccs1)N(C)C(=O)[C@@H](Cc1ccc(-c2ccccc2)cc1)N(C)C(=O)COC[C@H]1CCCN1. The molecule has 3 heterocycles. The van der Waals surface area contributed by atoms with Crippen molar-refractivity contribution in [3.8, 4) is 11.1 Å². The van der Waals surface area contributed by atoms with Crippen molar-refractivity contribution in [3.63, 3.8) is 0 Å². The van der Waals surface area contributed by atoms with Gasteiger partial charge in [-0.3, -0.25) is 14.4 Å². The van der Waals surface area contributed by atoms with Crippen molar-refractivity contribution in [3.05, 3.63) is 82.6 Å². The van der Waals surface area contributed by atoms with Crippen molar-refractivity contribution in [2.75, 3.05) is 54.0 Å². The van der Waals surface area contributed by atoms with Gasteiger partial charge in [-0.2, -0.15) is 0 Å². The summed E-state index contributed by atoms with van der Waals surface area (Å²) in [5.74, 6) is -0.712. The predicted octanol–water partition coefficient (Wildman–Crippen LogP) is 4.22. The molecule has 2 aliphatic heterocycles. The minimum Gasteiger partial charge on any atom is -0.370 e. The first kappa shape index (κ1) is 35.7. The van der Waals surface area contributed by atoms with Crippen molar-refractivity contribution >= 4 is 29.1 Å². The molecule has 0 bridgehead atoms. The van der Waals surface area contributed by atoms with Gasteiger partial charge in [-0.25, -0.2) is 0 Å². The van der Waals surface area contributed by atoms with Crippen LogP contribution in [-0.4, -0.2) is 111 Å². The summed E-state index contributed by atoms with van der Waals surface area (Å²) < 4.78 is 5.81. The molecule has 2 saturated heterocycles. The first-order chi connectivity index (χ1) is 23.3. The Morgan fingerprint density at radius 2 is 1.71 bits per heavy atom. The third kappa shape index (κ3) is 9.75. The minimum atomic E-state index is -0.816. The van der Waals surface area contributed by atoms with E-state index < -0.39 is 12.1 Å². The van der Waals surface area contributed by atoms with Crippen LogP contribution in [0.1, 0.15) is 42.5 Å². The van der Waals surface area contributed by atoms with E-state index in [1.54, 1.807) is 30.3 Å². The second kappa shape index (κ2) is 17.7. The van der Waals surface area contributed by atoms with Gasteiger partial charge in [0.1, 0.15) is 18.7 Å². The lowest BCUT2D eigenvalue weighted by Gasteiger charge is -2.34. The summed E-state index contributed by atoms with van der Waals surface area (Å²) in [7, 11) is 5.49. The highest BCUT2D eigenvalue weighted by atomic mass is 32.1. The van der Waals surface area contributed by atoms with Gasteiger partial charge in [0.05, 0.1) is 6.61 Å². The van der Waals surface area contributed by atoms with Crippen molar-refractivity contribution in [2.24, 2.45) is 0 Å². The number of likely N-dealkylation sites (N-methyl/N-ethyl adjacent to an activating group) is 2. The first-order valence-electron chi connectivity index (χ1n) is 17.3. The fourth-order valence-corrected chi connectivity index (χ4v) is 7.52. The number of nitrogens with zero attached hydrogens (tertiary/aromatic N) is 3. The summed E-state index contributed by atoms with van der Waals surface area (Å²) in [6.45, 7) is 2.95. The molecular formula is C38H51N5O4S. The zero-order valence-electron chi connectivity index (χ0n) is 28.6. The maximum atomic E-state index is 14.5. The molecule has 4 atom stereocenters. The Kier molecular flexibility index (Phi) is 13.2. The lowest BCUT2D eigenvalue weighted by atomic mass is 9.98. The molecule has 0 spiro atoms. The monoisotopic (exact) mass is 673 g/mol. The zero-order valence-corrected chi connectivity index (χ0v) is 29.4. The summed E-state index contributed by atoms with van der Waals surface area (Å²) in [6.07, 6.45) is 6.04. The molecule has 3 aromatic rings. The van der Waals surface area contributed by atoms with E-state index in [1.165, 1.54) is 11.3 Å². The number of hydrogen-bond donors (Lipinski definition) is 2. The van der Waals surface area contributed by atoms with Crippen LogP contribution in [0.4, 0.5) is 0 Å². The molecule has 2 aliphatic rings. The van der Waals surface area contributed by atoms with Crippen LogP contribution in [0.3, 0.4) is 0 Å². The molecular weight excluding hydrogens is 623 g/mol. The van der Waals surface area contributed by atoms with Crippen LogP contribution in [0.25, 0.3) is 11.1 Å². The Morgan fingerprint density at radius 1 is 0.938 bits per heavy atom. The maximum Gasteiger partial charge on any atom is 0.249 e. The minimum absolute atomic E-state index is 0.107. The fourth-order valence-electron chi connectivity index (χ4n) is 6.78. The molecule has 1 aromatic heterocycles. The molecule has 0 radical (unpaired) electrons. The number of amides is 3. The molecule has 10 heteroatoms. The van der Waals surface area contributed by atoms with E-state index in [-0.39, 0.29) is 30.4 Å². The maximum absolute atomic E-state index is 14.5. The molecule has 3 amide bonds. The number of ether oxygens (including phenoxy) is 1. The smallest absolute Gasteiger partial charge is 0.249 e. The van der Waals surface area contributed by atoms with E-state index in [1.807, 2.05) is 60.0 Å². The highest BCUT2D eigenvalue weighted by molar-refractivity contribution is 7.09. The second-order valence-electron chi connectivity index (χ2n) is 13.2. The van der Waals surface area contributed by atoms with Crippen LogP contribution >= 0.6 is 11.3 Å². The summed E-state index contributed by atoms with van der Waals surface area (Å²) in [5.41, 5.74) is 3.12. The number of nitrogens with one attached hydrogen (secondary N) is 2. The van der Waals surface area contributed by atoms with Gasteiger partial charge in [0.25, 0.3) is 0 Å². The summed E-state index contributed by atoms with van der Waals surface area (Å²) in [4.78, 5) is 48.2. The average molecular weight is 674 g/mol. The largest absolute Gasteiger partial charge is 0.370 e. The van der Waals surface area contributed by atoms with Gasteiger partial charge in [-0.05, 0) is 80.4 Å². The number of carbonyl (C=O) groups excluding carboxylic acids is 3. The second-order valence-corrected chi connectivity index (χ2v) is 14.2. The number of hydrogen-bond acceptors (Lipinski definition) is 7. The third-order valence-electron chi connectivity index (χ3n) is 9.88. The van der Waals surface area contributed by atoms with Gasteiger partial charge in [-0.15, -0.1) is 11.3 Å². The van der Waals surface area contributed by atoms with Crippen LogP contribution in [0.5, 0.6) is 0 Å². The van der Waals surface area contributed by atoms with Crippen LogP contribution in [0.15, 0.2) is 72.1 Å². The quantitative estimate of drug-likeness (QED) is 0.237. The molecule has 0 aliphatic carbocycles. The van der Waals surface area contributed by atoms with Crippen molar-refractivity contribution in [1.29, 1.82) is 0 Å². The Hall–Kier alpha value is -3.57. The number of likely N-dealkylation sites (tertiary alicyclic amines) is 1. The van der Waals surface area contributed by atoms with Crippen molar-refractivity contribution < 1.29 is 19.1 Å². The molecule has 0 saturated carbocycles. The van der Waals surface area contributed by atoms with Gasteiger partial charge >= 0.3 is 0 Å². The van der Waals surface area contributed by atoms with Crippen molar-refractivity contribution in [1.82, 2.24) is 25.3 Å². The molecule has 2 fully saturated rings. The van der Waals surface area contributed by atoms with E-state index in [9.17, 15) is 14.4 Å². The van der Waals surface area contributed by atoms with E-state index in [2.05, 4.69) is 34.7 Å². The van der Waals surface area contributed by atoms with Crippen molar-refractivity contribution in [2.45, 2.75) is 69.1 Å². The molecule has 48 heavy (non-hydrogen) atoms. The molecule has 2 aromatic carbocycles. The van der Waals surface area contributed by atoms with E-state index in [0.717, 1.165) is 60.3 Å². The van der Waals surface area contributed by atoms with Crippen LogP contribution < -0.4 is 10.6 Å². The standard InChI is InChI=1S/C38H51N5O4S/c1-41-22-8-13-32(41)19-21-40-37(45)34(25-33-14-9-23-48-33)43(3)38(46)35(42(2)36(44)27-47-26-31-12-7-20-39-31)24-28-15-17-30(18-16-28)29-10-5-4-6-11-29/h4-6,9-11,14-18,23,31-32,34-35,39H,7-8,12-13,19-22,24-27H2,1-3H3,(H,40,45)/t31-,32?,34-,35-/m1/s1. The van der Waals surface area contributed by atoms with E-state index >= 15 is 0 Å². The topological polar surface area (TPSA) is 94.2 Å². The Bertz CT molecular complexity index is 1450. The molecule has 9 nitrogen and oxygen atoms in total. The van der Waals surface area contributed by atoms with Crippen LogP contribution in [0.2, 0.25) is 0 Å². The molecule has 2 N–H and O–H groups in total. The highest BCUT2D eigenvalue weighted by Gasteiger charge is 2.35. The third-order valence-corrected chi connectivity index (χ3v) is 10.8. The number of carbonyl (C=O) groups is 3. The van der Waals surface area contributed by atoms with Gasteiger partial charge in [0.15, 0.2) is 0 Å². The normalized spacial score (nSPS) is 19.1. The zero-order chi connectivity index (χ0) is 33.9. The van der Waals surface area contributed by atoms with Gasteiger partial charge in [0.2, 0.25) is 17.7 Å². The van der Waals surface area contributed by atoms with Gasteiger partial charge in [-0.1, -0.05) is 60.7 Å². The average Bonchev–Trinajstić information content (AvgIpc) is 3.91. The van der Waals surface area contributed by atoms with E-state index in [0.29, 0.717) is 32.0 Å². The summed E-state index contributed by atoms with van der Waals surface area (Å²) in [6, 6.07) is 21.4. The number of thiophene rings is 1. The Balaban J connectivity index is 1.32. The summed E-state index contributed by atoms with van der Waals surface area (Å²) in [5, 5.41) is 8.51. The van der Waals surface area contributed by atoms with Crippen LogP contribution in [0, 0.1) is 0 Å². The Labute approximate surface area is 289 Å². The van der Waals surface area contributed by atoms with Crippen LogP contribution in [-0.2, 0) is 32.0 Å². The first-order valence-corrected chi connectivity index (χ1v) is 18.2. The van der Waals surface area contributed by atoms with Gasteiger partial charge < -0.3 is 30.1 Å².